The van der Waals surface area contributed by atoms with Crippen molar-refractivity contribution < 1.29 is 28.5 Å². The Hall–Kier alpha value is -3.22. The van der Waals surface area contributed by atoms with E-state index in [1.165, 1.54) is 12.5 Å². The van der Waals surface area contributed by atoms with Gasteiger partial charge < -0.3 is 24.3 Å². The van der Waals surface area contributed by atoms with Crippen molar-refractivity contribution in [2.75, 3.05) is 25.1 Å². The molecule has 1 aliphatic rings. The van der Waals surface area contributed by atoms with Gasteiger partial charge in [-0.25, -0.2) is 4.79 Å². The van der Waals surface area contributed by atoms with Crippen molar-refractivity contribution >= 4 is 17.6 Å². The zero-order valence-corrected chi connectivity index (χ0v) is 16.8. The van der Waals surface area contributed by atoms with Crippen LogP contribution in [0.1, 0.15) is 32.3 Å². The van der Waals surface area contributed by atoms with Crippen molar-refractivity contribution in [1.29, 1.82) is 0 Å². The van der Waals surface area contributed by atoms with Gasteiger partial charge >= 0.3 is 5.97 Å². The Morgan fingerprint density at radius 2 is 1.69 bits per heavy atom. The lowest BCUT2D eigenvalue weighted by Crippen LogP contribution is -2.31. The van der Waals surface area contributed by atoms with Crippen LogP contribution in [-0.2, 0) is 14.3 Å². The molecular weight excluding hydrogens is 374 g/mol. The van der Waals surface area contributed by atoms with Gasteiger partial charge in [0.25, 0.3) is 5.91 Å². The lowest BCUT2D eigenvalue weighted by atomic mass is 10.0. The topological polar surface area (TPSA) is 83.1 Å². The van der Waals surface area contributed by atoms with E-state index in [1.807, 2.05) is 12.1 Å². The molecule has 1 N–H and O–H groups in total. The molecule has 1 atom stereocenters. The smallest absolute Gasteiger partial charge is 0.344 e. The second kappa shape index (κ2) is 9.32. The number of carbonyl (C=O) groups is 2. The van der Waals surface area contributed by atoms with Crippen LogP contribution in [0.4, 0.5) is 5.69 Å². The maximum absolute atomic E-state index is 12.3. The van der Waals surface area contributed by atoms with E-state index in [0.29, 0.717) is 42.1 Å². The van der Waals surface area contributed by atoms with Crippen LogP contribution in [0.5, 0.6) is 17.2 Å². The largest absolute Gasteiger partial charge is 0.486 e. The van der Waals surface area contributed by atoms with E-state index in [0.717, 1.165) is 0 Å². The third-order valence-electron chi connectivity index (χ3n) is 4.39. The third kappa shape index (κ3) is 5.63. The summed E-state index contributed by atoms with van der Waals surface area (Å²) in [7, 11) is 0. The van der Waals surface area contributed by atoms with Gasteiger partial charge in [-0.3, -0.25) is 4.79 Å². The number of carbonyl (C=O) groups excluding carboxylic acids is 2. The fourth-order valence-electron chi connectivity index (χ4n) is 2.74. The van der Waals surface area contributed by atoms with Crippen LogP contribution in [0, 0.1) is 0 Å². The van der Waals surface area contributed by atoms with Crippen LogP contribution in [0.15, 0.2) is 42.5 Å². The maximum atomic E-state index is 12.3. The predicted molar refractivity (Wildman–Crippen MR) is 108 cm³/mol. The number of amides is 1. The van der Waals surface area contributed by atoms with Gasteiger partial charge in [-0.15, -0.1) is 0 Å². The van der Waals surface area contributed by atoms with Crippen molar-refractivity contribution in [3.63, 3.8) is 0 Å². The highest BCUT2D eigenvalue weighted by Gasteiger charge is 2.19. The average molecular weight is 399 g/mol. The average Bonchev–Trinajstić information content (AvgIpc) is 2.72. The highest BCUT2D eigenvalue weighted by Crippen LogP contribution is 2.32. The zero-order valence-electron chi connectivity index (χ0n) is 16.8. The standard InChI is InChI=1S/C22H25NO6/c1-14(2)16-4-7-18(8-5-16)28-13-21(24)29-15(3)22(25)23-17-6-9-19-20(12-17)27-11-10-26-19/h4-9,12,14-15H,10-11,13H2,1-3H3,(H,23,25)/t15-/m0/s1. The summed E-state index contributed by atoms with van der Waals surface area (Å²) < 4.78 is 21.5. The van der Waals surface area contributed by atoms with Crippen LogP contribution in [0.25, 0.3) is 0 Å². The molecule has 1 amide bonds. The molecule has 0 bridgehead atoms. The first-order chi connectivity index (χ1) is 13.9. The van der Waals surface area contributed by atoms with Crippen molar-refractivity contribution in [2.45, 2.75) is 32.8 Å². The fourth-order valence-corrected chi connectivity index (χ4v) is 2.74. The van der Waals surface area contributed by atoms with Crippen molar-refractivity contribution in [3.8, 4) is 17.2 Å². The molecule has 7 nitrogen and oxygen atoms in total. The predicted octanol–water partition coefficient (Wildman–Crippen LogP) is 3.53. The first kappa shape index (κ1) is 20.5. The van der Waals surface area contributed by atoms with Crippen LogP contribution < -0.4 is 19.5 Å². The van der Waals surface area contributed by atoms with Gasteiger partial charge in [0.15, 0.2) is 24.2 Å². The Bertz CT molecular complexity index is 862. The Labute approximate surface area is 169 Å². The van der Waals surface area contributed by atoms with Crippen LogP contribution >= 0.6 is 0 Å². The second-order valence-corrected chi connectivity index (χ2v) is 6.99. The highest BCUT2D eigenvalue weighted by atomic mass is 16.6. The summed E-state index contributed by atoms with van der Waals surface area (Å²) in [5, 5.41) is 2.70. The summed E-state index contributed by atoms with van der Waals surface area (Å²) in [4.78, 5) is 24.3. The van der Waals surface area contributed by atoms with E-state index in [2.05, 4.69) is 19.2 Å². The zero-order chi connectivity index (χ0) is 20.8. The number of esters is 1. The first-order valence-electron chi connectivity index (χ1n) is 9.55. The van der Waals surface area contributed by atoms with Crippen LogP contribution in [0.2, 0.25) is 0 Å². The molecule has 1 heterocycles. The highest BCUT2D eigenvalue weighted by molar-refractivity contribution is 5.95. The summed E-state index contributed by atoms with van der Waals surface area (Å²) in [6.07, 6.45) is -0.970. The minimum Gasteiger partial charge on any atom is -0.486 e. The molecule has 154 valence electrons. The third-order valence-corrected chi connectivity index (χ3v) is 4.39. The minimum atomic E-state index is -0.970. The lowest BCUT2D eigenvalue weighted by Gasteiger charge is -2.19. The Kier molecular flexibility index (Phi) is 6.59. The quantitative estimate of drug-likeness (QED) is 0.717. The number of nitrogens with one attached hydrogen (secondary N) is 1. The molecule has 0 saturated heterocycles. The van der Waals surface area contributed by atoms with E-state index >= 15 is 0 Å². The molecule has 0 aliphatic carbocycles. The number of rotatable bonds is 7. The van der Waals surface area contributed by atoms with E-state index in [9.17, 15) is 9.59 Å². The normalized spacial score (nSPS) is 13.5. The lowest BCUT2D eigenvalue weighted by molar-refractivity contribution is -0.155. The van der Waals surface area contributed by atoms with E-state index < -0.39 is 18.0 Å². The van der Waals surface area contributed by atoms with Crippen LogP contribution in [0.3, 0.4) is 0 Å². The number of benzene rings is 2. The molecule has 0 spiro atoms. The molecule has 3 rings (SSSR count). The second-order valence-electron chi connectivity index (χ2n) is 6.99. The fraction of sp³-hybridized carbons (Fsp3) is 0.364. The van der Waals surface area contributed by atoms with Gasteiger partial charge in [0.2, 0.25) is 0 Å². The number of hydrogen-bond acceptors (Lipinski definition) is 6. The molecule has 0 saturated carbocycles. The summed E-state index contributed by atoms with van der Waals surface area (Å²) in [6.45, 7) is 6.38. The van der Waals surface area contributed by atoms with Crippen molar-refractivity contribution in [1.82, 2.24) is 0 Å². The molecular formula is C22H25NO6. The summed E-state index contributed by atoms with van der Waals surface area (Å²) in [5.41, 5.74) is 1.72. The summed E-state index contributed by atoms with van der Waals surface area (Å²) in [6, 6.07) is 12.6. The molecule has 1 aliphatic heterocycles. The van der Waals surface area contributed by atoms with Gasteiger partial charge in [0, 0.05) is 11.8 Å². The van der Waals surface area contributed by atoms with Gasteiger partial charge in [0.05, 0.1) is 0 Å². The van der Waals surface area contributed by atoms with E-state index in [-0.39, 0.29) is 6.61 Å². The van der Waals surface area contributed by atoms with Crippen molar-refractivity contribution in [3.05, 3.63) is 48.0 Å². The Morgan fingerprint density at radius 3 is 2.38 bits per heavy atom. The molecule has 0 aromatic heterocycles. The Balaban J connectivity index is 1.46. The van der Waals surface area contributed by atoms with E-state index in [4.69, 9.17) is 18.9 Å². The van der Waals surface area contributed by atoms with Gasteiger partial charge in [-0.1, -0.05) is 26.0 Å². The summed E-state index contributed by atoms with van der Waals surface area (Å²) >= 11 is 0. The SMILES string of the molecule is CC(C)c1ccc(OCC(=O)O[C@@H](C)C(=O)Nc2ccc3c(c2)OCCO3)cc1. The molecule has 0 radical (unpaired) electrons. The molecule has 29 heavy (non-hydrogen) atoms. The van der Waals surface area contributed by atoms with Gasteiger partial charge in [-0.05, 0) is 42.7 Å². The number of hydrogen-bond donors (Lipinski definition) is 1. The van der Waals surface area contributed by atoms with E-state index in [1.54, 1.807) is 30.3 Å². The first-order valence-corrected chi connectivity index (χ1v) is 9.55. The summed E-state index contributed by atoms with van der Waals surface area (Å²) in [5.74, 6) is 1.12. The molecule has 0 unspecified atom stereocenters. The van der Waals surface area contributed by atoms with Gasteiger partial charge in [-0.2, -0.15) is 0 Å². The van der Waals surface area contributed by atoms with Crippen LogP contribution in [-0.4, -0.2) is 37.8 Å². The molecule has 0 fully saturated rings. The van der Waals surface area contributed by atoms with Gasteiger partial charge in [0.1, 0.15) is 19.0 Å². The monoisotopic (exact) mass is 399 g/mol. The number of anilines is 1. The number of fused-ring (bicyclic) bond motifs is 1. The molecule has 2 aromatic rings. The number of ether oxygens (including phenoxy) is 4. The van der Waals surface area contributed by atoms with Crippen molar-refractivity contribution in [2.24, 2.45) is 0 Å². The molecule has 7 heteroatoms. The molecule has 2 aromatic carbocycles. The maximum Gasteiger partial charge on any atom is 0.344 e. The Morgan fingerprint density at radius 1 is 1.00 bits per heavy atom. The minimum absolute atomic E-state index is 0.275.